The van der Waals surface area contributed by atoms with E-state index in [4.69, 9.17) is 56.8 Å². The average Bonchev–Trinajstić information content (AvgIpc) is 1.65. The highest BCUT2D eigenvalue weighted by Gasteiger charge is 2.41. The van der Waals surface area contributed by atoms with Crippen LogP contribution in [0.5, 0.6) is 0 Å². The van der Waals surface area contributed by atoms with Gasteiger partial charge in [0, 0.05) is 77.0 Å². The van der Waals surface area contributed by atoms with Gasteiger partial charge in [-0.2, -0.15) is 0 Å². The molecule has 0 saturated heterocycles. The Kier molecular flexibility index (Phi) is 65.5. The third kappa shape index (κ3) is 45.3. The van der Waals surface area contributed by atoms with Gasteiger partial charge in [0.25, 0.3) is 0 Å². The number of aliphatic hydroxyl groups is 1. The summed E-state index contributed by atoms with van der Waals surface area (Å²) in [6.45, 7) is 36.7. The minimum absolute atomic E-state index is 0.0558. The molecular weight excluding hydrogens is 2670 g/mol. The predicted octanol–water partition coefficient (Wildman–Crippen LogP) is 29.8. The van der Waals surface area contributed by atoms with Crippen LogP contribution >= 0.6 is 223 Å². The zero-order valence-corrected chi connectivity index (χ0v) is 102. The second-order valence-electron chi connectivity index (χ2n) is 30.7. The molecule has 0 aliphatic carbocycles. The van der Waals surface area contributed by atoms with Gasteiger partial charge in [0.05, 0.1) is 64.1 Å². The van der Waals surface area contributed by atoms with Gasteiger partial charge in [-0.3, -0.25) is 19.2 Å². The number of carbonyl (C=O) groups is 12. The molecule has 0 radical (unpaired) electrons. The van der Waals surface area contributed by atoms with Crippen molar-refractivity contribution in [2.75, 3.05) is 0 Å². The van der Waals surface area contributed by atoms with E-state index in [0.717, 1.165) is 120 Å². The van der Waals surface area contributed by atoms with E-state index in [0.29, 0.717) is 130 Å². The Hall–Kier alpha value is -3.84. The van der Waals surface area contributed by atoms with Crippen LogP contribution in [-0.2, 0) is 114 Å². The van der Waals surface area contributed by atoms with Crippen molar-refractivity contribution in [3.8, 4) is 0 Å². The minimum atomic E-state index is -0.711. The number of cyclic esters (lactones) is 8. The fraction of sp³-hybridized carbons (Fsp3) is 0.542. The van der Waals surface area contributed by atoms with Crippen molar-refractivity contribution in [2.24, 2.45) is 0 Å². The molecule has 0 amide bonds. The maximum atomic E-state index is 12.0. The molecule has 8 rings (SSSR count). The third-order valence-corrected chi connectivity index (χ3v) is 27.5. The lowest BCUT2D eigenvalue weighted by atomic mass is 10.0. The Balaban J connectivity index is 0.000000773. The summed E-state index contributed by atoms with van der Waals surface area (Å²) in [4.78, 5) is 138. The van der Waals surface area contributed by atoms with Crippen molar-refractivity contribution < 1.29 is 119 Å². The number of alkyl halides is 3. The topological polar surface area (TPSA) is 336 Å². The highest BCUT2D eigenvalue weighted by molar-refractivity contribution is 9.14. The number of halogens is 14. The molecule has 0 saturated carbocycles. The number of carbonyl (C=O) groups excluding carboxylic acids is 12. The first-order valence-electron chi connectivity index (χ1n) is 44.2. The van der Waals surface area contributed by atoms with E-state index in [1.54, 1.807) is 73.6 Å². The lowest BCUT2D eigenvalue weighted by Gasteiger charge is -2.16. The van der Waals surface area contributed by atoms with Crippen LogP contribution < -0.4 is 0 Å². The van der Waals surface area contributed by atoms with E-state index < -0.39 is 72.3 Å². The number of hydrogen-bond acceptors (Lipinski definition) is 25. The second-order valence-corrected chi connectivity index (χ2v) is 45.9. The summed E-state index contributed by atoms with van der Waals surface area (Å²) in [6.07, 6.45) is 27.3. The molecule has 135 heavy (non-hydrogen) atoms. The first-order valence-corrected chi connectivity index (χ1v) is 55.6. The number of unbranched alkanes of at least 4 members (excludes halogenated alkanes) is 8. The molecule has 8 aliphatic rings. The molecule has 0 aromatic carbocycles. The summed E-state index contributed by atoms with van der Waals surface area (Å²) in [5, 5.41) is 9.61. The molecule has 39 heteroatoms. The Bertz CT molecular complexity index is 4690. The normalized spacial score (nSPS) is 20.1. The summed E-state index contributed by atoms with van der Waals surface area (Å²) in [7, 11) is 0. The van der Waals surface area contributed by atoms with Crippen LogP contribution in [0, 0.1) is 0 Å². The smallest absolute Gasteiger partial charge is 0.344 e. The van der Waals surface area contributed by atoms with E-state index in [9.17, 15) is 62.6 Å². The predicted molar refractivity (Wildman–Crippen MR) is 573 cm³/mol. The quantitative estimate of drug-likeness (QED) is 0.0263. The van der Waals surface area contributed by atoms with Gasteiger partial charge in [-0.25, -0.2) is 38.4 Å². The molecule has 0 aromatic heterocycles. The molecule has 8 atom stereocenters. The molecule has 25 nitrogen and oxygen atoms in total. The van der Waals surface area contributed by atoms with Crippen LogP contribution in [0.4, 0.5) is 0 Å². The van der Waals surface area contributed by atoms with Crippen molar-refractivity contribution in [1.82, 2.24) is 0 Å². The molecule has 8 heterocycles. The van der Waals surface area contributed by atoms with E-state index >= 15 is 0 Å². The average molecular weight is 2790 g/mol. The zero-order chi connectivity index (χ0) is 103. The monoisotopic (exact) mass is 2780 g/mol. The van der Waals surface area contributed by atoms with E-state index in [1.165, 1.54) is 52.4 Å². The van der Waals surface area contributed by atoms with Crippen LogP contribution in [0.3, 0.4) is 0 Å². The molecular formula is C96H122Br14O25. The largest absolute Gasteiger partial charge is 0.458 e. The summed E-state index contributed by atoms with van der Waals surface area (Å²) >= 11 is 47.0. The number of esters is 12. The maximum Gasteiger partial charge on any atom is 0.344 e. The van der Waals surface area contributed by atoms with Crippen molar-refractivity contribution in [1.29, 1.82) is 0 Å². The van der Waals surface area contributed by atoms with Crippen LogP contribution in [0.2, 0.25) is 0 Å². The lowest BCUT2D eigenvalue weighted by molar-refractivity contribution is -0.150. The molecule has 0 bridgehead atoms. The van der Waals surface area contributed by atoms with Crippen molar-refractivity contribution in [2.45, 2.75) is 338 Å². The number of aliphatic hydroxyl groups excluding tert-OH is 1. The van der Waals surface area contributed by atoms with Crippen LogP contribution in [0.25, 0.3) is 0 Å². The Morgan fingerprint density at radius 2 is 0.563 bits per heavy atom. The number of allylic oxidation sites excluding steroid dienone is 16. The summed E-state index contributed by atoms with van der Waals surface area (Å²) in [5.41, 5.74) is 4.00. The number of ether oxygens (including phenoxy) is 12. The standard InChI is InChI=1S/C14H18Br2O4.C13H16Br2O4.C13H17BrO4.C12H15Br3O2.2C12H16Br2O2.C10H11BrO4.C10H13BrO3/c1-4-5-6-7-10(19-9(3)17)11-12(16)13(8(2)15)20-14(11)18;1-4-6-8(18-9(16)5-2)10-11(15)12(7(3)14)19-13(10)17;1-4-6-10(17-12(15)5-2)9-7-11(8(3)14)18-13(9)16;1-3-4-5-6-8(14)9-10(15)11(7(2)13)17-12(9)16;2*1-3-4-5-6-10(14)9-7-11(8(2)13)16-12(9)15;1-5(11)9-4-8(10(13)15-9)6(2)14-7(3)12;1-3-4-8(12)7-5-9(6(2)11)14-10(7)13/h10H,4-7H2,1-3H3;8H,4-6H2,1-3H3;7,10H,4-6H2,1-3H3;8H,3-6H2,1-2H3;2*7,10H,3-6H2,1-2H3;4,6H,1-3H3;5,8,12H,3-4H2,1-2H3/b13-8-;12-7-;11-8-;11-7-;2*11-8-;9-5-;9-6-. The van der Waals surface area contributed by atoms with Gasteiger partial charge in [-0.1, -0.05) is 327 Å². The van der Waals surface area contributed by atoms with Crippen LogP contribution in [0.1, 0.15) is 293 Å². The first-order chi connectivity index (χ1) is 63.4. The van der Waals surface area contributed by atoms with Crippen molar-refractivity contribution in [3.05, 3.63) is 170 Å². The van der Waals surface area contributed by atoms with E-state index in [1.807, 2.05) is 53.7 Å². The van der Waals surface area contributed by atoms with Gasteiger partial charge >= 0.3 is 71.6 Å². The zero-order valence-electron chi connectivity index (χ0n) is 79.5. The van der Waals surface area contributed by atoms with Crippen molar-refractivity contribution in [3.63, 3.8) is 0 Å². The summed E-state index contributed by atoms with van der Waals surface area (Å²) in [5.74, 6) is -0.344. The number of rotatable bonds is 36. The van der Waals surface area contributed by atoms with E-state index in [-0.39, 0.29) is 50.7 Å². The van der Waals surface area contributed by atoms with Gasteiger partial charge < -0.3 is 61.9 Å². The summed E-state index contributed by atoms with van der Waals surface area (Å²) < 4.78 is 69.6. The number of hydrogen-bond donors (Lipinski definition) is 1. The van der Waals surface area contributed by atoms with Crippen LogP contribution in [0.15, 0.2) is 170 Å². The van der Waals surface area contributed by atoms with Gasteiger partial charge in [-0.05, 0) is 192 Å². The molecule has 0 fully saturated rings. The third-order valence-electron chi connectivity index (χ3n) is 19.3. The van der Waals surface area contributed by atoms with Gasteiger partial charge in [0.1, 0.15) is 53.2 Å². The SMILES string of the molecule is CC(=O)OC(C)C1=C/C(=C(\C)Br)OC1=O.CCCC(O)C1=C/C(=C(\C)Br)OC1=O.CCCC(OC(=O)CC)C1=C(Br)/C(=C(\C)Br)OC1=O.CCCC(OC(=O)CC)C1=C/C(=C(\C)Br)OC1=O.CCCCCC(Br)C1=C(Br)/C(=C(\C)Br)OC1=O.CCCCCC(Br)C1=C/C(=C(\C)Br)OC1=O.CCCCCC(Br)C1=C/C(=C(\C)Br)OC1=O.CCCCCC(OC(C)=O)C1=C(Br)/C(=C(\C)Br)OC1=O. The Labute approximate surface area is 912 Å². The molecule has 754 valence electrons. The molecule has 0 aromatic rings. The molecule has 0 spiro atoms. The Morgan fingerprint density at radius 3 is 0.867 bits per heavy atom. The molecule has 8 aliphatic heterocycles. The van der Waals surface area contributed by atoms with Gasteiger partial charge in [0.2, 0.25) is 0 Å². The highest BCUT2D eigenvalue weighted by Crippen LogP contribution is 2.43. The lowest BCUT2D eigenvalue weighted by Crippen LogP contribution is -2.23. The van der Waals surface area contributed by atoms with Gasteiger partial charge in [-0.15, -0.1) is 0 Å². The highest BCUT2D eigenvalue weighted by atomic mass is 79.9. The van der Waals surface area contributed by atoms with Crippen LogP contribution in [-0.4, -0.2) is 122 Å². The minimum Gasteiger partial charge on any atom is -0.458 e. The van der Waals surface area contributed by atoms with Crippen molar-refractivity contribution >= 4 is 295 Å². The maximum absolute atomic E-state index is 12.0. The summed E-state index contributed by atoms with van der Waals surface area (Å²) in [6, 6.07) is 0. The molecule has 1 N–H and O–H groups in total. The first kappa shape index (κ1) is 129. The Morgan fingerprint density at radius 1 is 0.296 bits per heavy atom. The molecule has 8 unspecified atom stereocenters. The fourth-order valence-electron chi connectivity index (χ4n) is 12.2. The van der Waals surface area contributed by atoms with Gasteiger partial charge in [0.15, 0.2) is 17.3 Å². The van der Waals surface area contributed by atoms with E-state index in [2.05, 4.69) is 251 Å². The second kappa shape index (κ2) is 68.4. The fourth-order valence-corrected chi connectivity index (χ4v) is 19.5.